The SMILES string of the molecule is CC1(C)C2CC3CC(CC1(S(C)(=O)=O)C3)C2N1CC(COc2ccc(C#N)cn2)CC1=S. The lowest BCUT2D eigenvalue weighted by Crippen LogP contribution is -2.72. The van der Waals surface area contributed by atoms with Crippen LogP contribution in [0.3, 0.4) is 0 Å². The van der Waals surface area contributed by atoms with Crippen LogP contribution in [0.5, 0.6) is 5.88 Å². The fourth-order valence-corrected chi connectivity index (χ4v) is 10.2. The lowest BCUT2D eigenvalue weighted by atomic mass is 9.44. The molecule has 6 nitrogen and oxygen atoms in total. The summed E-state index contributed by atoms with van der Waals surface area (Å²) in [7, 11) is -3.14. The minimum Gasteiger partial charge on any atom is -0.477 e. The van der Waals surface area contributed by atoms with E-state index in [0.717, 1.165) is 43.6 Å². The molecule has 1 aliphatic heterocycles. The van der Waals surface area contributed by atoms with Crippen molar-refractivity contribution in [1.29, 1.82) is 5.26 Å². The van der Waals surface area contributed by atoms with Gasteiger partial charge in [0.05, 0.1) is 21.9 Å². The average Bonchev–Trinajstić information content (AvgIpc) is 3.10. The summed E-state index contributed by atoms with van der Waals surface area (Å²) in [6, 6.07) is 5.84. The number of nitriles is 1. The van der Waals surface area contributed by atoms with Gasteiger partial charge in [0.1, 0.15) is 6.07 Å². The maximum absolute atomic E-state index is 13.0. The molecule has 0 amide bonds. The number of thiocarbonyl (C=S) groups is 1. The van der Waals surface area contributed by atoms with Crippen LogP contribution in [0, 0.1) is 40.4 Å². The predicted molar refractivity (Wildman–Crippen MR) is 126 cm³/mol. The first-order valence-electron chi connectivity index (χ1n) is 11.5. The van der Waals surface area contributed by atoms with Gasteiger partial charge >= 0.3 is 0 Å². The molecule has 4 aliphatic carbocycles. The zero-order chi connectivity index (χ0) is 22.9. The molecule has 0 spiro atoms. The highest BCUT2D eigenvalue weighted by atomic mass is 32.2. The van der Waals surface area contributed by atoms with Gasteiger partial charge in [-0.05, 0) is 54.9 Å². The number of hydrogen-bond acceptors (Lipinski definition) is 6. The number of ether oxygens (including phenoxy) is 1. The number of nitrogens with zero attached hydrogens (tertiary/aromatic N) is 3. The van der Waals surface area contributed by atoms with Crippen molar-refractivity contribution in [2.24, 2.45) is 29.1 Å². The van der Waals surface area contributed by atoms with Crippen molar-refractivity contribution in [3.63, 3.8) is 0 Å². The molecule has 1 saturated heterocycles. The Morgan fingerprint density at radius 2 is 2.09 bits per heavy atom. The summed E-state index contributed by atoms with van der Waals surface area (Å²) >= 11 is 5.86. The Kier molecular flexibility index (Phi) is 5.10. The van der Waals surface area contributed by atoms with Crippen molar-refractivity contribution in [2.75, 3.05) is 19.4 Å². The molecule has 8 heteroatoms. The quantitative estimate of drug-likeness (QED) is 0.604. The highest BCUT2D eigenvalue weighted by molar-refractivity contribution is 7.92. The van der Waals surface area contributed by atoms with Crippen LogP contribution in [0.2, 0.25) is 0 Å². The number of rotatable bonds is 5. The van der Waals surface area contributed by atoms with Crippen LogP contribution in [0.1, 0.15) is 51.5 Å². The Morgan fingerprint density at radius 1 is 1.31 bits per heavy atom. The predicted octanol–water partition coefficient (Wildman–Crippen LogP) is 3.61. The maximum Gasteiger partial charge on any atom is 0.213 e. The fraction of sp³-hybridized carbons (Fsp3) is 0.708. The summed E-state index contributed by atoms with van der Waals surface area (Å²) in [5, 5.41) is 8.91. The van der Waals surface area contributed by atoms with Crippen molar-refractivity contribution in [2.45, 2.75) is 56.7 Å². The summed E-state index contributed by atoms with van der Waals surface area (Å²) in [6.45, 7) is 5.79. The van der Waals surface area contributed by atoms with Gasteiger partial charge in [0.2, 0.25) is 5.88 Å². The van der Waals surface area contributed by atoms with E-state index in [4.69, 9.17) is 22.2 Å². The Hall–Kier alpha value is -1.72. The number of hydrogen-bond donors (Lipinski definition) is 0. The van der Waals surface area contributed by atoms with Crippen molar-refractivity contribution in [3.8, 4) is 11.9 Å². The first-order chi connectivity index (χ1) is 15.1. The van der Waals surface area contributed by atoms with E-state index < -0.39 is 14.6 Å². The van der Waals surface area contributed by atoms with Crippen LogP contribution in [0.25, 0.3) is 0 Å². The van der Waals surface area contributed by atoms with Crippen molar-refractivity contribution >= 4 is 27.0 Å². The first-order valence-corrected chi connectivity index (χ1v) is 13.8. The third kappa shape index (κ3) is 3.19. The Labute approximate surface area is 196 Å². The largest absolute Gasteiger partial charge is 0.477 e. The van der Waals surface area contributed by atoms with Gasteiger partial charge in [0.15, 0.2) is 9.84 Å². The van der Waals surface area contributed by atoms with Gasteiger partial charge < -0.3 is 9.64 Å². The van der Waals surface area contributed by atoms with E-state index in [1.165, 1.54) is 12.5 Å². The smallest absolute Gasteiger partial charge is 0.213 e. The zero-order valence-electron chi connectivity index (χ0n) is 19.0. The van der Waals surface area contributed by atoms with Gasteiger partial charge in [-0.2, -0.15) is 5.26 Å². The van der Waals surface area contributed by atoms with Gasteiger partial charge in [-0.15, -0.1) is 0 Å². The average molecular weight is 474 g/mol. The number of likely N-dealkylation sites (tertiary alicyclic amines) is 1. The maximum atomic E-state index is 13.0. The second kappa shape index (κ2) is 7.39. The summed E-state index contributed by atoms with van der Waals surface area (Å²) in [6.07, 6.45) is 7.65. The normalized spacial score (nSPS) is 37.5. The van der Waals surface area contributed by atoms with Gasteiger partial charge in [-0.3, -0.25) is 0 Å². The second-order valence-electron chi connectivity index (χ2n) is 11.0. The second-order valence-corrected chi connectivity index (χ2v) is 13.8. The van der Waals surface area contributed by atoms with Gasteiger partial charge in [-0.25, -0.2) is 13.4 Å². The summed E-state index contributed by atoms with van der Waals surface area (Å²) in [5.41, 5.74) is 0.261. The molecular formula is C24H31N3O3S2. The van der Waals surface area contributed by atoms with Crippen molar-refractivity contribution in [1.82, 2.24) is 9.88 Å². The van der Waals surface area contributed by atoms with Crippen LogP contribution < -0.4 is 4.74 Å². The molecule has 4 saturated carbocycles. The molecule has 2 heterocycles. The molecule has 0 N–H and O–H groups in total. The summed E-state index contributed by atoms with van der Waals surface area (Å²) in [4.78, 5) is 7.62. The van der Waals surface area contributed by atoms with E-state index in [1.807, 2.05) is 0 Å². The Bertz CT molecular complexity index is 1080. The molecule has 0 aromatic carbocycles. The van der Waals surface area contributed by atoms with E-state index in [1.54, 1.807) is 12.1 Å². The van der Waals surface area contributed by atoms with Crippen LogP contribution in [0.4, 0.5) is 0 Å². The molecule has 172 valence electrons. The van der Waals surface area contributed by atoms with Gasteiger partial charge in [0, 0.05) is 43.4 Å². The minimum atomic E-state index is -3.14. The van der Waals surface area contributed by atoms with Crippen LogP contribution in [0.15, 0.2) is 18.3 Å². The van der Waals surface area contributed by atoms with Gasteiger partial charge in [-0.1, -0.05) is 26.1 Å². The van der Waals surface area contributed by atoms with Crippen LogP contribution in [-0.2, 0) is 9.84 Å². The molecule has 1 aromatic rings. The Balaban J connectivity index is 1.32. The molecule has 0 radical (unpaired) electrons. The molecule has 1 aromatic heterocycles. The highest BCUT2D eigenvalue weighted by Gasteiger charge is 2.69. The standard InChI is InChI=1S/C24H31N3O3S2/c1-23(2)19-7-16-6-18(10-24(23,9-16)32(3,28)29)22(19)27-13-17(8-21(27)31)14-30-20-5-4-15(11-25)12-26-20/h4-5,12,16-19,22H,6-10,13-14H2,1-3H3. The third-order valence-corrected chi connectivity index (χ3v) is 11.8. The van der Waals surface area contributed by atoms with E-state index in [2.05, 4.69) is 29.8 Å². The van der Waals surface area contributed by atoms with Crippen molar-refractivity contribution in [3.05, 3.63) is 23.9 Å². The molecule has 5 fully saturated rings. The number of sulfone groups is 1. The van der Waals surface area contributed by atoms with E-state index in [9.17, 15) is 8.42 Å². The molecule has 5 aliphatic rings. The zero-order valence-corrected chi connectivity index (χ0v) is 20.6. The van der Waals surface area contributed by atoms with Crippen LogP contribution in [-0.4, -0.2) is 53.5 Å². The molecular weight excluding hydrogens is 442 g/mol. The molecule has 6 rings (SSSR count). The minimum absolute atomic E-state index is 0.255. The third-order valence-electron chi connectivity index (χ3n) is 9.07. The number of aromatic nitrogens is 1. The molecule has 32 heavy (non-hydrogen) atoms. The highest BCUT2D eigenvalue weighted by Crippen LogP contribution is 2.67. The van der Waals surface area contributed by atoms with E-state index in [0.29, 0.717) is 47.8 Å². The van der Waals surface area contributed by atoms with E-state index in [-0.39, 0.29) is 5.41 Å². The molecule has 6 atom stereocenters. The lowest BCUT2D eigenvalue weighted by Gasteiger charge is -2.68. The van der Waals surface area contributed by atoms with Gasteiger partial charge in [0.25, 0.3) is 0 Å². The van der Waals surface area contributed by atoms with Crippen LogP contribution >= 0.6 is 12.2 Å². The van der Waals surface area contributed by atoms with Crippen molar-refractivity contribution < 1.29 is 13.2 Å². The number of pyridine rings is 1. The lowest BCUT2D eigenvalue weighted by molar-refractivity contribution is -0.117. The fourth-order valence-electron chi connectivity index (χ4n) is 7.62. The first kappa shape index (κ1) is 22.1. The monoisotopic (exact) mass is 473 g/mol. The molecule has 4 bridgehead atoms. The summed E-state index contributed by atoms with van der Waals surface area (Å²) < 4.78 is 31.4. The Morgan fingerprint density at radius 3 is 2.75 bits per heavy atom. The summed E-state index contributed by atoms with van der Waals surface area (Å²) in [5.74, 6) is 2.09. The topological polar surface area (TPSA) is 83.3 Å². The molecule has 6 unspecified atom stereocenters. The van der Waals surface area contributed by atoms with E-state index >= 15 is 0 Å².